The molecule has 0 N–H and O–H groups in total. The third-order valence-corrected chi connectivity index (χ3v) is 4.14. The Morgan fingerprint density at radius 1 is 1.13 bits per heavy atom. The molecule has 0 aliphatic carbocycles. The van der Waals surface area contributed by atoms with Gasteiger partial charge in [-0.1, -0.05) is 23.2 Å². The first kappa shape index (κ1) is 16.2. The van der Waals surface area contributed by atoms with Crippen LogP contribution in [0.4, 0.5) is 4.39 Å². The van der Waals surface area contributed by atoms with Gasteiger partial charge in [0.2, 0.25) is 0 Å². The molecule has 1 aliphatic heterocycles. The quantitative estimate of drug-likeness (QED) is 0.803. The lowest BCUT2D eigenvalue weighted by atomic mass is 10.1. The summed E-state index contributed by atoms with van der Waals surface area (Å²) in [6.07, 6.45) is -0.288. The highest BCUT2D eigenvalue weighted by Gasteiger charge is 2.26. The average Bonchev–Trinajstić information content (AvgIpc) is 2.54. The highest BCUT2D eigenvalue weighted by Crippen LogP contribution is 2.28. The second-order valence-corrected chi connectivity index (χ2v) is 6.19. The lowest BCUT2D eigenvalue weighted by Gasteiger charge is -2.33. The van der Waals surface area contributed by atoms with Gasteiger partial charge in [-0.3, -0.25) is 4.79 Å². The molecule has 0 bridgehead atoms. The van der Waals surface area contributed by atoms with Gasteiger partial charge in [-0.15, -0.1) is 0 Å². The van der Waals surface area contributed by atoms with Crippen LogP contribution in [-0.2, 0) is 4.74 Å². The van der Waals surface area contributed by atoms with Crippen molar-refractivity contribution >= 4 is 29.1 Å². The van der Waals surface area contributed by atoms with Gasteiger partial charge in [-0.2, -0.15) is 0 Å². The van der Waals surface area contributed by atoms with Gasteiger partial charge in [-0.05, 0) is 48.0 Å². The second-order valence-electron chi connectivity index (χ2n) is 5.32. The van der Waals surface area contributed by atoms with E-state index in [0.29, 0.717) is 35.3 Å². The minimum absolute atomic E-state index is 0.147. The van der Waals surface area contributed by atoms with Crippen molar-refractivity contribution in [3.63, 3.8) is 0 Å². The number of carbonyl (C=O) groups is 1. The van der Waals surface area contributed by atoms with Crippen molar-refractivity contribution in [1.29, 1.82) is 0 Å². The first-order chi connectivity index (χ1) is 11.0. The normalized spacial score (nSPS) is 18.0. The third kappa shape index (κ3) is 3.83. The summed E-state index contributed by atoms with van der Waals surface area (Å²) >= 11 is 12.0. The van der Waals surface area contributed by atoms with Gasteiger partial charge < -0.3 is 9.64 Å². The molecule has 23 heavy (non-hydrogen) atoms. The van der Waals surface area contributed by atoms with Crippen LogP contribution in [0.25, 0.3) is 0 Å². The molecule has 2 aromatic carbocycles. The topological polar surface area (TPSA) is 29.5 Å². The molecular weight excluding hydrogens is 340 g/mol. The maximum atomic E-state index is 13.0. The molecule has 0 spiro atoms. The fourth-order valence-corrected chi connectivity index (χ4v) is 3.11. The van der Waals surface area contributed by atoms with Crippen molar-refractivity contribution in [2.45, 2.75) is 6.10 Å². The molecule has 0 radical (unpaired) electrons. The Kier molecular flexibility index (Phi) is 4.85. The number of hydrogen-bond acceptors (Lipinski definition) is 2. The van der Waals surface area contributed by atoms with E-state index in [-0.39, 0.29) is 17.8 Å². The number of hydrogen-bond donors (Lipinski definition) is 0. The van der Waals surface area contributed by atoms with E-state index in [9.17, 15) is 9.18 Å². The highest BCUT2D eigenvalue weighted by molar-refractivity contribution is 6.34. The molecule has 6 heteroatoms. The number of halogens is 3. The zero-order valence-corrected chi connectivity index (χ0v) is 13.6. The summed E-state index contributed by atoms with van der Waals surface area (Å²) in [6.45, 7) is 1.30. The number of nitrogens with zero attached hydrogens (tertiary/aromatic N) is 1. The van der Waals surface area contributed by atoms with E-state index < -0.39 is 0 Å². The van der Waals surface area contributed by atoms with Gasteiger partial charge in [0.25, 0.3) is 5.91 Å². The smallest absolute Gasteiger partial charge is 0.254 e. The predicted octanol–water partition coefficient (Wildman–Crippen LogP) is 4.35. The molecule has 120 valence electrons. The molecule has 1 unspecified atom stereocenters. The zero-order valence-electron chi connectivity index (χ0n) is 12.1. The lowest BCUT2D eigenvalue weighted by molar-refractivity contribution is -0.0228. The Balaban J connectivity index is 1.77. The van der Waals surface area contributed by atoms with Crippen LogP contribution in [-0.4, -0.2) is 30.5 Å². The zero-order chi connectivity index (χ0) is 16.4. The fourth-order valence-electron chi connectivity index (χ4n) is 2.57. The van der Waals surface area contributed by atoms with Gasteiger partial charge in [0.15, 0.2) is 0 Å². The van der Waals surface area contributed by atoms with Crippen LogP contribution in [0.3, 0.4) is 0 Å². The maximum Gasteiger partial charge on any atom is 0.254 e. The lowest BCUT2D eigenvalue weighted by Crippen LogP contribution is -2.42. The number of benzene rings is 2. The highest BCUT2D eigenvalue weighted by atomic mass is 35.5. The first-order valence-electron chi connectivity index (χ1n) is 7.15. The largest absolute Gasteiger partial charge is 0.370 e. The van der Waals surface area contributed by atoms with Crippen LogP contribution in [0.1, 0.15) is 22.0 Å². The molecule has 1 saturated heterocycles. The Hall–Kier alpha value is -1.62. The number of amides is 1. The van der Waals surface area contributed by atoms with Crippen molar-refractivity contribution in [2.24, 2.45) is 0 Å². The Bertz CT molecular complexity index is 701. The molecule has 0 aromatic heterocycles. The van der Waals surface area contributed by atoms with Crippen molar-refractivity contribution in [3.05, 3.63) is 69.5 Å². The van der Waals surface area contributed by atoms with Gasteiger partial charge in [-0.25, -0.2) is 4.39 Å². The number of morpholine rings is 1. The van der Waals surface area contributed by atoms with Crippen LogP contribution in [0.15, 0.2) is 42.5 Å². The summed E-state index contributed by atoms with van der Waals surface area (Å²) in [5, 5.41) is 1.05. The average molecular weight is 354 g/mol. The number of carbonyl (C=O) groups excluding carboxylic acids is 1. The Labute approximate surface area is 143 Å². The molecule has 3 nitrogen and oxygen atoms in total. The minimum Gasteiger partial charge on any atom is -0.370 e. The van der Waals surface area contributed by atoms with Crippen LogP contribution in [0, 0.1) is 5.82 Å². The summed E-state index contributed by atoms with van der Waals surface area (Å²) in [5.74, 6) is -0.513. The van der Waals surface area contributed by atoms with Crippen molar-refractivity contribution in [2.75, 3.05) is 19.7 Å². The van der Waals surface area contributed by atoms with Crippen LogP contribution in [0.2, 0.25) is 10.0 Å². The van der Waals surface area contributed by atoms with Crippen LogP contribution < -0.4 is 0 Å². The van der Waals surface area contributed by atoms with Gasteiger partial charge in [0.05, 0.1) is 13.2 Å². The van der Waals surface area contributed by atoms with E-state index in [1.807, 2.05) is 0 Å². The van der Waals surface area contributed by atoms with Gasteiger partial charge in [0, 0.05) is 22.2 Å². The van der Waals surface area contributed by atoms with E-state index in [4.69, 9.17) is 27.9 Å². The summed E-state index contributed by atoms with van der Waals surface area (Å²) in [6, 6.07) is 10.7. The van der Waals surface area contributed by atoms with Gasteiger partial charge in [0.1, 0.15) is 11.9 Å². The Morgan fingerprint density at radius 2 is 1.78 bits per heavy atom. The van der Waals surface area contributed by atoms with E-state index in [1.54, 1.807) is 23.1 Å². The second kappa shape index (κ2) is 6.87. The predicted molar refractivity (Wildman–Crippen MR) is 87.5 cm³/mol. The van der Waals surface area contributed by atoms with Crippen molar-refractivity contribution < 1.29 is 13.9 Å². The summed E-state index contributed by atoms with van der Waals surface area (Å²) in [5.41, 5.74) is 1.29. The van der Waals surface area contributed by atoms with Crippen molar-refractivity contribution in [1.82, 2.24) is 4.90 Å². The summed E-state index contributed by atoms with van der Waals surface area (Å²) in [4.78, 5) is 14.2. The molecular formula is C17H14Cl2FNO2. The standard InChI is InChI=1S/C17H14Cl2FNO2/c18-13-7-12(8-14(19)9-13)16-10-21(5-6-23-16)17(22)11-1-3-15(20)4-2-11/h1-4,7-9,16H,5-6,10H2. The van der Waals surface area contributed by atoms with E-state index in [2.05, 4.69) is 0 Å². The molecule has 1 fully saturated rings. The molecule has 1 heterocycles. The number of ether oxygens (including phenoxy) is 1. The van der Waals surface area contributed by atoms with E-state index >= 15 is 0 Å². The van der Waals surface area contributed by atoms with Crippen molar-refractivity contribution in [3.8, 4) is 0 Å². The Morgan fingerprint density at radius 3 is 2.43 bits per heavy atom. The molecule has 3 rings (SSSR count). The van der Waals surface area contributed by atoms with Gasteiger partial charge >= 0.3 is 0 Å². The summed E-state index contributed by atoms with van der Waals surface area (Å²) in [7, 11) is 0. The van der Waals surface area contributed by atoms with Crippen LogP contribution >= 0.6 is 23.2 Å². The molecule has 1 amide bonds. The fraction of sp³-hybridized carbons (Fsp3) is 0.235. The minimum atomic E-state index is -0.366. The molecule has 1 atom stereocenters. The third-order valence-electron chi connectivity index (χ3n) is 3.70. The molecule has 1 aliphatic rings. The number of rotatable bonds is 2. The molecule has 2 aromatic rings. The van der Waals surface area contributed by atoms with Crippen LogP contribution in [0.5, 0.6) is 0 Å². The first-order valence-corrected chi connectivity index (χ1v) is 7.91. The monoisotopic (exact) mass is 353 g/mol. The molecule has 0 saturated carbocycles. The summed E-state index contributed by atoms with van der Waals surface area (Å²) < 4.78 is 18.7. The SMILES string of the molecule is O=C(c1ccc(F)cc1)N1CCOC(c2cc(Cl)cc(Cl)c2)C1. The van der Waals surface area contributed by atoms with E-state index in [1.165, 1.54) is 24.3 Å². The maximum absolute atomic E-state index is 13.0. The van der Waals surface area contributed by atoms with E-state index in [0.717, 1.165) is 5.56 Å².